The summed E-state index contributed by atoms with van der Waals surface area (Å²) in [6.45, 7) is 0.502. The minimum absolute atomic E-state index is 0.0732. The van der Waals surface area contributed by atoms with E-state index in [9.17, 15) is 4.39 Å². The Morgan fingerprint density at radius 2 is 2.31 bits per heavy atom. The van der Waals surface area contributed by atoms with Crippen LogP contribution in [-0.4, -0.2) is 12.0 Å². The molecule has 2 rings (SSSR count). The molecule has 1 aromatic carbocycles. The lowest BCUT2D eigenvalue weighted by Gasteiger charge is -2.00. The monoisotopic (exact) mass is 240 g/mol. The SMILES string of the molecule is CNCc1ncc(-c2cccc(Cl)c2F)o1. The van der Waals surface area contributed by atoms with Crippen LogP contribution in [0.1, 0.15) is 5.89 Å². The lowest BCUT2D eigenvalue weighted by atomic mass is 10.2. The first-order valence-electron chi connectivity index (χ1n) is 4.76. The van der Waals surface area contributed by atoms with Gasteiger partial charge >= 0.3 is 0 Å². The van der Waals surface area contributed by atoms with E-state index < -0.39 is 5.82 Å². The first-order chi connectivity index (χ1) is 7.72. The molecular weight excluding hydrogens is 231 g/mol. The fourth-order valence-corrected chi connectivity index (χ4v) is 1.54. The van der Waals surface area contributed by atoms with E-state index in [-0.39, 0.29) is 5.02 Å². The molecule has 0 unspecified atom stereocenters. The van der Waals surface area contributed by atoms with Gasteiger partial charge in [-0.25, -0.2) is 9.37 Å². The number of aromatic nitrogens is 1. The topological polar surface area (TPSA) is 38.1 Å². The third-order valence-electron chi connectivity index (χ3n) is 2.10. The van der Waals surface area contributed by atoms with Crippen LogP contribution in [0.4, 0.5) is 4.39 Å². The molecule has 0 atom stereocenters. The van der Waals surface area contributed by atoms with E-state index in [1.165, 1.54) is 12.3 Å². The Morgan fingerprint density at radius 3 is 3.06 bits per heavy atom. The van der Waals surface area contributed by atoms with Crippen LogP contribution in [0.15, 0.2) is 28.8 Å². The summed E-state index contributed by atoms with van der Waals surface area (Å²) >= 11 is 5.68. The van der Waals surface area contributed by atoms with Gasteiger partial charge in [-0.1, -0.05) is 17.7 Å². The second-order valence-corrected chi connectivity index (χ2v) is 3.66. The maximum Gasteiger partial charge on any atom is 0.208 e. The molecule has 1 N–H and O–H groups in total. The fraction of sp³-hybridized carbons (Fsp3) is 0.182. The van der Waals surface area contributed by atoms with Crippen molar-refractivity contribution in [3.8, 4) is 11.3 Å². The van der Waals surface area contributed by atoms with E-state index in [4.69, 9.17) is 16.0 Å². The number of benzene rings is 1. The fourth-order valence-electron chi connectivity index (χ4n) is 1.36. The van der Waals surface area contributed by atoms with Gasteiger partial charge in [-0.15, -0.1) is 0 Å². The van der Waals surface area contributed by atoms with Crippen molar-refractivity contribution in [3.63, 3.8) is 0 Å². The highest BCUT2D eigenvalue weighted by Gasteiger charge is 2.12. The van der Waals surface area contributed by atoms with Gasteiger partial charge in [-0.3, -0.25) is 0 Å². The van der Waals surface area contributed by atoms with Crippen LogP contribution in [0.2, 0.25) is 5.02 Å². The maximum atomic E-state index is 13.6. The lowest BCUT2D eigenvalue weighted by Crippen LogP contribution is -2.04. The average Bonchev–Trinajstić information content (AvgIpc) is 2.71. The van der Waals surface area contributed by atoms with Crippen LogP contribution < -0.4 is 5.32 Å². The first-order valence-corrected chi connectivity index (χ1v) is 5.14. The molecule has 2 aromatic rings. The van der Waals surface area contributed by atoms with E-state index in [1.54, 1.807) is 19.2 Å². The molecule has 0 spiro atoms. The van der Waals surface area contributed by atoms with Gasteiger partial charge in [0.05, 0.1) is 23.3 Å². The Hall–Kier alpha value is -1.39. The molecule has 0 radical (unpaired) electrons. The molecule has 1 aromatic heterocycles. The maximum absolute atomic E-state index is 13.6. The Balaban J connectivity index is 2.39. The minimum Gasteiger partial charge on any atom is -0.439 e. The van der Waals surface area contributed by atoms with Gasteiger partial charge in [0.1, 0.15) is 0 Å². The second-order valence-electron chi connectivity index (χ2n) is 3.25. The van der Waals surface area contributed by atoms with E-state index >= 15 is 0 Å². The predicted molar refractivity (Wildman–Crippen MR) is 59.7 cm³/mol. The molecule has 5 heteroatoms. The molecule has 0 saturated heterocycles. The third-order valence-corrected chi connectivity index (χ3v) is 2.39. The van der Waals surface area contributed by atoms with Gasteiger partial charge in [0, 0.05) is 0 Å². The normalized spacial score (nSPS) is 10.7. The zero-order valence-electron chi connectivity index (χ0n) is 8.63. The smallest absolute Gasteiger partial charge is 0.208 e. The summed E-state index contributed by atoms with van der Waals surface area (Å²) < 4.78 is 19.0. The van der Waals surface area contributed by atoms with Gasteiger partial charge in [0.2, 0.25) is 5.89 Å². The Bertz CT molecular complexity index is 498. The number of oxazole rings is 1. The van der Waals surface area contributed by atoms with Crippen LogP contribution in [0.5, 0.6) is 0 Å². The predicted octanol–water partition coefficient (Wildman–Crippen LogP) is 2.85. The van der Waals surface area contributed by atoms with Crippen molar-refractivity contribution in [2.75, 3.05) is 7.05 Å². The molecule has 0 saturated carbocycles. The molecule has 0 aliphatic rings. The zero-order valence-corrected chi connectivity index (χ0v) is 9.38. The summed E-state index contributed by atoms with van der Waals surface area (Å²) in [6.07, 6.45) is 1.49. The highest BCUT2D eigenvalue weighted by atomic mass is 35.5. The number of nitrogens with one attached hydrogen (secondary N) is 1. The summed E-state index contributed by atoms with van der Waals surface area (Å²) in [4.78, 5) is 4.01. The summed E-state index contributed by atoms with van der Waals surface area (Å²) in [5, 5.41) is 2.97. The number of hydrogen-bond donors (Lipinski definition) is 1. The molecule has 16 heavy (non-hydrogen) atoms. The van der Waals surface area contributed by atoms with Crippen LogP contribution >= 0.6 is 11.6 Å². The number of nitrogens with zero attached hydrogens (tertiary/aromatic N) is 1. The van der Waals surface area contributed by atoms with E-state index in [2.05, 4.69) is 10.3 Å². The van der Waals surface area contributed by atoms with Crippen molar-refractivity contribution in [2.24, 2.45) is 0 Å². The van der Waals surface area contributed by atoms with Crippen molar-refractivity contribution < 1.29 is 8.81 Å². The van der Waals surface area contributed by atoms with Crippen molar-refractivity contribution in [2.45, 2.75) is 6.54 Å². The molecule has 0 fully saturated rings. The van der Waals surface area contributed by atoms with E-state index in [0.717, 1.165) is 0 Å². The average molecular weight is 241 g/mol. The van der Waals surface area contributed by atoms with Crippen molar-refractivity contribution in [1.82, 2.24) is 10.3 Å². The van der Waals surface area contributed by atoms with Gasteiger partial charge in [0.25, 0.3) is 0 Å². The summed E-state index contributed by atoms with van der Waals surface area (Å²) in [6, 6.07) is 4.76. The van der Waals surface area contributed by atoms with Crippen LogP contribution in [0.3, 0.4) is 0 Å². The third kappa shape index (κ3) is 2.08. The highest BCUT2D eigenvalue weighted by Crippen LogP contribution is 2.27. The van der Waals surface area contributed by atoms with Crippen LogP contribution in [0, 0.1) is 5.82 Å². The summed E-state index contributed by atoms with van der Waals surface area (Å²) in [5.74, 6) is 0.401. The molecule has 0 aliphatic carbocycles. The van der Waals surface area contributed by atoms with Gasteiger partial charge in [0.15, 0.2) is 11.6 Å². The molecule has 0 bridgehead atoms. The summed E-state index contributed by atoms with van der Waals surface area (Å²) in [5.41, 5.74) is 0.322. The van der Waals surface area contributed by atoms with Crippen LogP contribution in [0.25, 0.3) is 11.3 Å². The lowest BCUT2D eigenvalue weighted by molar-refractivity contribution is 0.488. The Labute approximate surface area is 97.3 Å². The summed E-state index contributed by atoms with van der Waals surface area (Å²) in [7, 11) is 1.78. The highest BCUT2D eigenvalue weighted by molar-refractivity contribution is 6.31. The molecule has 3 nitrogen and oxygen atoms in total. The standard InChI is InChI=1S/C11H10ClFN2O/c1-14-6-10-15-5-9(16-10)7-3-2-4-8(12)11(7)13/h2-5,14H,6H2,1H3. The minimum atomic E-state index is -0.490. The van der Waals surface area contributed by atoms with Crippen molar-refractivity contribution in [3.05, 3.63) is 41.1 Å². The quantitative estimate of drug-likeness (QED) is 0.897. The van der Waals surface area contributed by atoms with E-state index in [1.807, 2.05) is 0 Å². The van der Waals surface area contributed by atoms with Gasteiger partial charge in [-0.05, 0) is 19.2 Å². The Kier molecular flexibility index (Phi) is 3.22. The molecule has 0 amide bonds. The van der Waals surface area contributed by atoms with Crippen molar-refractivity contribution >= 4 is 11.6 Å². The molecular formula is C11H10ClFN2O. The Morgan fingerprint density at radius 1 is 1.50 bits per heavy atom. The molecule has 0 aliphatic heterocycles. The molecule has 1 heterocycles. The zero-order chi connectivity index (χ0) is 11.5. The van der Waals surface area contributed by atoms with E-state index in [0.29, 0.717) is 23.8 Å². The molecule has 84 valence electrons. The number of rotatable bonds is 3. The second kappa shape index (κ2) is 4.63. The number of hydrogen-bond acceptors (Lipinski definition) is 3. The van der Waals surface area contributed by atoms with Crippen LogP contribution in [-0.2, 0) is 6.54 Å². The number of halogens is 2. The van der Waals surface area contributed by atoms with Crippen molar-refractivity contribution in [1.29, 1.82) is 0 Å². The van der Waals surface area contributed by atoms with Gasteiger partial charge in [-0.2, -0.15) is 0 Å². The first kappa shape index (κ1) is 11.1. The van der Waals surface area contributed by atoms with Gasteiger partial charge < -0.3 is 9.73 Å². The largest absolute Gasteiger partial charge is 0.439 e.